The molecule has 19 heavy (non-hydrogen) atoms. The molecule has 2 rings (SSSR count). The van der Waals surface area contributed by atoms with E-state index < -0.39 is 5.82 Å². The number of hydrogen-bond acceptors (Lipinski definition) is 4. The minimum Gasteiger partial charge on any atom is -0.494 e. The van der Waals surface area contributed by atoms with Crippen LogP contribution in [0, 0.1) is 10.5 Å². The Morgan fingerprint density at radius 1 is 1.32 bits per heavy atom. The lowest BCUT2D eigenvalue weighted by atomic mass is 10.2. The Labute approximate surface area is 115 Å². The second kappa shape index (κ2) is 5.90. The van der Waals surface area contributed by atoms with Gasteiger partial charge in [0.2, 0.25) is 0 Å². The monoisotopic (exact) mass is 280 g/mol. The van der Waals surface area contributed by atoms with Crippen molar-refractivity contribution in [2.24, 2.45) is 0 Å². The first-order valence-electron chi connectivity index (χ1n) is 5.57. The number of halogens is 1. The summed E-state index contributed by atoms with van der Waals surface area (Å²) >= 11 is 5.10. The highest BCUT2D eigenvalue weighted by atomic mass is 32.1. The first-order valence-corrected chi connectivity index (χ1v) is 5.98. The fourth-order valence-electron chi connectivity index (χ4n) is 1.68. The lowest BCUT2D eigenvalue weighted by molar-refractivity contribution is 0.181. The van der Waals surface area contributed by atoms with Gasteiger partial charge in [-0.05, 0) is 24.3 Å². The fraction of sp³-hybridized carbons (Fsp3) is 0.231. The normalized spacial score (nSPS) is 10.5. The van der Waals surface area contributed by atoms with Gasteiger partial charge in [0.1, 0.15) is 10.5 Å². The van der Waals surface area contributed by atoms with Crippen LogP contribution >= 0.6 is 12.2 Å². The van der Waals surface area contributed by atoms with Crippen LogP contribution < -0.4 is 4.74 Å². The molecule has 0 atom stereocenters. The quantitative estimate of drug-likeness (QED) is 0.874. The molecular weight excluding hydrogens is 267 g/mol. The van der Waals surface area contributed by atoms with Gasteiger partial charge in [0.15, 0.2) is 11.6 Å². The molecule has 0 saturated heterocycles. The zero-order valence-corrected chi connectivity index (χ0v) is 11.4. The molecule has 0 aliphatic rings. The summed E-state index contributed by atoms with van der Waals surface area (Å²) in [7, 11) is 3.01. The predicted octanol–water partition coefficient (Wildman–Crippen LogP) is 3.10. The van der Waals surface area contributed by atoms with E-state index in [1.807, 2.05) is 0 Å². The van der Waals surface area contributed by atoms with Gasteiger partial charge in [0.25, 0.3) is 0 Å². The standard InChI is InChI=1S/C13H13FN2O2S/c1-17-7-9-6-12(19)16-13(15-9)8-3-4-10(14)11(5-8)18-2/h3-6H,7H2,1-2H3,(H,15,16,19). The smallest absolute Gasteiger partial charge is 0.165 e. The first-order chi connectivity index (χ1) is 9.13. The van der Waals surface area contributed by atoms with Gasteiger partial charge in [-0.2, -0.15) is 0 Å². The van der Waals surface area contributed by atoms with Crippen LogP contribution in [-0.2, 0) is 11.3 Å². The second-order valence-electron chi connectivity index (χ2n) is 3.88. The molecule has 0 saturated carbocycles. The van der Waals surface area contributed by atoms with E-state index in [0.29, 0.717) is 22.6 Å². The van der Waals surface area contributed by atoms with E-state index in [2.05, 4.69) is 9.97 Å². The highest BCUT2D eigenvalue weighted by molar-refractivity contribution is 7.71. The van der Waals surface area contributed by atoms with Crippen molar-refractivity contribution in [2.45, 2.75) is 6.61 Å². The zero-order valence-electron chi connectivity index (χ0n) is 10.6. The van der Waals surface area contributed by atoms with Crippen LogP contribution in [0.5, 0.6) is 5.75 Å². The molecule has 2 aromatic rings. The van der Waals surface area contributed by atoms with Gasteiger partial charge < -0.3 is 14.5 Å². The maximum atomic E-state index is 13.4. The molecule has 1 heterocycles. The molecule has 0 aliphatic heterocycles. The van der Waals surface area contributed by atoms with E-state index >= 15 is 0 Å². The maximum absolute atomic E-state index is 13.4. The molecular formula is C13H13FN2O2S. The number of H-pyrrole nitrogens is 1. The van der Waals surface area contributed by atoms with Crippen LogP contribution in [0.4, 0.5) is 4.39 Å². The molecule has 0 bridgehead atoms. The summed E-state index contributed by atoms with van der Waals surface area (Å²) in [6.45, 7) is 0.400. The van der Waals surface area contributed by atoms with E-state index in [0.717, 1.165) is 5.69 Å². The van der Waals surface area contributed by atoms with Crippen molar-refractivity contribution in [2.75, 3.05) is 14.2 Å². The van der Waals surface area contributed by atoms with E-state index in [1.165, 1.54) is 13.2 Å². The predicted molar refractivity (Wildman–Crippen MR) is 72.1 cm³/mol. The zero-order chi connectivity index (χ0) is 13.8. The number of benzene rings is 1. The van der Waals surface area contributed by atoms with Crippen molar-refractivity contribution in [1.82, 2.24) is 9.97 Å². The van der Waals surface area contributed by atoms with Gasteiger partial charge in [0.05, 0.1) is 13.7 Å². The van der Waals surface area contributed by atoms with Crippen molar-refractivity contribution < 1.29 is 13.9 Å². The molecule has 100 valence electrons. The number of rotatable bonds is 4. The molecule has 0 fully saturated rings. The Morgan fingerprint density at radius 2 is 2.11 bits per heavy atom. The van der Waals surface area contributed by atoms with Gasteiger partial charge in [-0.25, -0.2) is 9.37 Å². The number of ether oxygens (including phenoxy) is 2. The second-order valence-corrected chi connectivity index (χ2v) is 4.29. The molecule has 4 nitrogen and oxygen atoms in total. The summed E-state index contributed by atoms with van der Waals surface area (Å²) in [5, 5.41) is 0. The Kier molecular flexibility index (Phi) is 4.24. The van der Waals surface area contributed by atoms with E-state index in [9.17, 15) is 4.39 Å². The fourth-order valence-corrected chi connectivity index (χ4v) is 1.92. The van der Waals surface area contributed by atoms with E-state index in [-0.39, 0.29) is 5.75 Å². The van der Waals surface area contributed by atoms with Gasteiger partial charge in [0, 0.05) is 18.4 Å². The topological polar surface area (TPSA) is 47.1 Å². The number of aromatic nitrogens is 2. The third-order valence-electron chi connectivity index (χ3n) is 2.52. The van der Waals surface area contributed by atoms with Gasteiger partial charge in [-0.3, -0.25) is 0 Å². The van der Waals surface area contributed by atoms with Crippen molar-refractivity contribution in [1.29, 1.82) is 0 Å². The highest BCUT2D eigenvalue weighted by Crippen LogP contribution is 2.24. The first kappa shape index (κ1) is 13.6. The average molecular weight is 280 g/mol. The summed E-state index contributed by atoms with van der Waals surface area (Å²) in [5.74, 6) is 0.298. The van der Waals surface area contributed by atoms with Crippen LogP contribution in [0.15, 0.2) is 24.3 Å². The summed E-state index contributed by atoms with van der Waals surface area (Å²) < 4.78 is 23.8. The minimum absolute atomic E-state index is 0.163. The van der Waals surface area contributed by atoms with Crippen LogP contribution in [0.25, 0.3) is 11.4 Å². The molecule has 1 N–H and O–H groups in total. The van der Waals surface area contributed by atoms with Crippen LogP contribution in [-0.4, -0.2) is 24.2 Å². The molecule has 0 unspecified atom stereocenters. The number of nitrogens with one attached hydrogen (secondary N) is 1. The van der Waals surface area contributed by atoms with Gasteiger partial charge in [-0.15, -0.1) is 0 Å². The van der Waals surface area contributed by atoms with Crippen LogP contribution in [0.2, 0.25) is 0 Å². The Balaban J connectivity index is 2.49. The summed E-state index contributed by atoms with van der Waals surface area (Å²) in [5.41, 5.74) is 1.50. The third-order valence-corrected chi connectivity index (χ3v) is 2.73. The molecule has 1 aromatic carbocycles. The SMILES string of the molecule is COCc1cc(=S)nc(-c2ccc(F)c(OC)c2)[nH]1. The van der Waals surface area contributed by atoms with E-state index in [1.54, 1.807) is 25.3 Å². The van der Waals surface area contributed by atoms with Crippen molar-refractivity contribution in [3.63, 3.8) is 0 Å². The number of methoxy groups -OCH3 is 2. The molecule has 0 aliphatic carbocycles. The largest absolute Gasteiger partial charge is 0.494 e. The average Bonchev–Trinajstić information content (AvgIpc) is 2.39. The highest BCUT2D eigenvalue weighted by Gasteiger charge is 2.07. The summed E-state index contributed by atoms with van der Waals surface area (Å²) in [4.78, 5) is 7.31. The van der Waals surface area contributed by atoms with Crippen molar-refractivity contribution in [3.05, 3.63) is 40.4 Å². The minimum atomic E-state index is -0.419. The molecule has 0 amide bonds. The third kappa shape index (κ3) is 3.15. The number of aromatic amines is 1. The molecule has 0 spiro atoms. The van der Waals surface area contributed by atoms with Gasteiger partial charge >= 0.3 is 0 Å². The Hall–Kier alpha value is -1.79. The van der Waals surface area contributed by atoms with Crippen molar-refractivity contribution >= 4 is 12.2 Å². The lowest BCUT2D eigenvalue weighted by Gasteiger charge is -2.07. The molecule has 6 heteroatoms. The Morgan fingerprint density at radius 3 is 2.79 bits per heavy atom. The number of hydrogen-bond donors (Lipinski definition) is 1. The van der Waals surface area contributed by atoms with Gasteiger partial charge in [-0.1, -0.05) is 12.2 Å². The Bertz CT molecular complexity index is 643. The summed E-state index contributed by atoms with van der Waals surface area (Å²) in [6, 6.07) is 6.24. The molecule has 1 aromatic heterocycles. The van der Waals surface area contributed by atoms with Crippen LogP contribution in [0.3, 0.4) is 0 Å². The van der Waals surface area contributed by atoms with E-state index in [4.69, 9.17) is 21.7 Å². The molecule has 0 radical (unpaired) electrons. The maximum Gasteiger partial charge on any atom is 0.165 e. The lowest BCUT2D eigenvalue weighted by Crippen LogP contribution is -1.98. The number of nitrogens with zero attached hydrogens (tertiary/aromatic N) is 1. The van der Waals surface area contributed by atoms with Crippen molar-refractivity contribution in [3.8, 4) is 17.1 Å². The van der Waals surface area contributed by atoms with Crippen LogP contribution in [0.1, 0.15) is 5.69 Å². The summed E-state index contributed by atoms with van der Waals surface area (Å²) in [6.07, 6.45) is 0.